The van der Waals surface area contributed by atoms with Gasteiger partial charge in [-0.15, -0.1) is 0 Å². The van der Waals surface area contributed by atoms with Crippen LogP contribution in [0.3, 0.4) is 0 Å². The molecule has 0 amide bonds. The molecule has 5 nitrogen and oxygen atoms in total. The fourth-order valence-electron chi connectivity index (χ4n) is 9.77. The molecule has 0 saturated heterocycles. The number of nitrogens with zero attached hydrogens (tertiary/aromatic N) is 4. The minimum absolute atomic E-state index is 0.175. The van der Waals surface area contributed by atoms with Gasteiger partial charge in [0, 0.05) is 23.0 Å². The third-order valence-electron chi connectivity index (χ3n) is 13.4. The van der Waals surface area contributed by atoms with Gasteiger partial charge >= 0.3 is 0 Å². The van der Waals surface area contributed by atoms with Crippen molar-refractivity contribution in [1.82, 2.24) is 14.1 Å². The van der Waals surface area contributed by atoms with Crippen molar-refractivity contribution in [3.05, 3.63) is 260 Å². The van der Waals surface area contributed by atoms with E-state index >= 15 is 0 Å². The second kappa shape index (κ2) is 18.5. The topological polar surface area (TPSA) is 35.9 Å². The summed E-state index contributed by atoms with van der Waals surface area (Å²) in [5.41, 5.74) is 1.79. The third kappa shape index (κ3) is 8.12. The lowest BCUT2D eigenvalue weighted by molar-refractivity contribution is -0.570. The van der Waals surface area contributed by atoms with Crippen LogP contribution in [0.25, 0.3) is 61.2 Å². The molecule has 3 heterocycles. The van der Waals surface area contributed by atoms with Crippen molar-refractivity contribution in [3.8, 4) is 39.8 Å². The number of para-hydroxylation sites is 3. The van der Waals surface area contributed by atoms with Crippen LogP contribution in [0.15, 0.2) is 242 Å². The highest BCUT2D eigenvalue weighted by Crippen LogP contribution is 2.37. The van der Waals surface area contributed by atoms with Crippen LogP contribution in [0.4, 0.5) is 0 Å². The van der Waals surface area contributed by atoms with Gasteiger partial charge in [-0.25, -0.2) is 4.98 Å². The molecule has 0 aliphatic carbocycles. The molecule has 9 aromatic carbocycles. The van der Waals surface area contributed by atoms with E-state index in [2.05, 4.69) is 37.7 Å². The number of ether oxygens (including phenoxy) is 1. The Kier molecular flexibility index (Phi) is 7.29. The van der Waals surface area contributed by atoms with Gasteiger partial charge in [0.25, 0.3) is 6.33 Å². The van der Waals surface area contributed by atoms with E-state index in [1.165, 1.54) is 16.7 Å². The summed E-state index contributed by atoms with van der Waals surface area (Å²) in [5, 5.41) is -0.788. The zero-order valence-corrected chi connectivity index (χ0v) is 42.2. The quantitative estimate of drug-likeness (QED) is 0.0592. The number of hydrogen-bond donors (Lipinski definition) is 0. The number of fused-ring (bicyclic) bond motifs is 4. The Bertz CT molecular complexity index is 4960. The van der Waals surface area contributed by atoms with E-state index in [0.717, 1.165) is 27.4 Å². The van der Waals surface area contributed by atoms with Gasteiger partial charge in [0.1, 0.15) is 17.3 Å². The molecule has 12 aromatic rings. The maximum Gasteiger partial charge on any atom is 0.269 e. The van der Waals surface area contributed by atoms with Gasteiger partial charge in [0.05, 0.1) is 60.9 Å². The minimum atomic E-state index is -6.10. The molecule has 6 heteroatoms. The predicted molar refractivity (Wildman–Crippen MR) is 309 cm³/mol. The second-order valence-corrected chi connectivity index (χ2v) is 23.5. The van der Waals surface area contributed by atoms with E-state index in [1.807, 2.05) is 48.5 Å². The molecule has 0 spiro atoms. The maximum absolute atomic E-state index is 10.0. The molecule has 0 N–H and O–H groups in total. The van der Waals surface area contributed by atoms with Crippen LogP contribution in [0.1, 0.15) is 80.1 Å². The molecule has 0 atom stereocenters. The molecule has 0 fully saturated rings. The fourth-order valence-corrected chi connectivity index (χ4v) is 13.8. The van der Waals surface area contributed by atoms with E-state index in [-0.39, 0.29) is 32.9 Å². The van der Waals surface area contributed by atoms with E-state index in [9.17, 15) is 19.2 Å². The van der Waals surface area contributed by atoms with Crippen LogP contribution >= 0.6 is 0 Å². The lowest BCUT2D eigenvalue weighted by atomic mass is 9.85. The lowest BCUT2D eigenvalue weighted by Gasteiger charge is -2.38. The van der Waals surface area contributed by atoms with Gasteiger partial charge in [-0.05, 0) is 102 Å². The maximum atomic E-state index is 10.0. The summed E-state index contributed by atoms with van der Waals surface area (Å²) in [6.07, 6.45) is 5.23. The molecular formula is C68H58N4OSi. The zero-order chi connectivity index (χ0) is 68.0. The molecule has 0 aliphatic rings. The Hall–Kier alpha value is -8.58. The first-order valence-electron chi connectivity index (χ1n) is 34.0. The van der Waals surface area contributed by atoms with Crippen molar-refractivity contribution in [3.63, 3.8) is 0 Å². The summed E-state index contributed by atoms with van der Waals surface area (Å²) in [5.74, 6) is 1.51. The molecule has 12 rings (SSSR count). The first-order valence-corrected chi connectivity index (χ1v) is 26.0. The van der Waals surface area contributed by atoms with Crippen LogP contribution in [-0.2, 0) is 10.8 Å². The van der Waals surface area contributed by atoms with Crippen LogP contribution < -0.4 is 30.1 Å². The van der Waals surface area contributed by atoms with Crippen molar-refractivity contribution in [2.24, 2.45) is 0 Å². The standard InChI is InChI=1S/C68H58N4OSi/c1-67(2,3)49-40-41-69-65(44-49)72-60-35-20-19-34-57(60)58-39-38-53(46-63(58)72)73-52-27-23-26-51(45-52)70-47-71(62-37-22-21-36-61(62)70)66-59(48-24-11-7-12-25-48)42-50(68(4,5)6)43-64(66)74(54-28-13-8-14-29-54,55-30-15-9-16-31-55)56-32-17-10-18-33-56/h7-46H,1-6H3/i7D,8D,9D,10D,11D,12D,13D,14D,15D,16D,17D,18D,24D,25D,28D,29D,30D,31D,32D,33D. The van der Waals surface area contributed by atoms with Gasteiger partial charge < -0.3 is 4.74 Å². The van der Waals surface area contributed by atoms with Gasteiger partial charge in [-0.1, -0.05) is 223 Å². The number of imidazole rings is 1. The normalized spacial score (nSPS) is 16.0. The average molecular weight is 995 g/mol. The SMILES string of the molecule is [2H]c1c([2H])c([2H])c(-c2cc(C(C)(C)C)cc([Si](c3c([2H])c([2H])c([2H])c([2H])c3[2H])(c3c([2H])c([2H])c([2H])c([2H])c3[2H])c3c([2H])c([2H])c([2H])c([2H])c3[2H])c2-[n+]2[c-]n(-c3cccc(Oc4ccc5c6ccccc6n(-c6cc(C(C)(C)C)ccn6)c5c4)c3)c3ccccc32)c([2H])c1[2H]. The molecule has 74 heavy (non-hydrogen) atoms. The molecule has 0 saturated carbocycles. The fraction of sp³-hybridized carbons (Fsp3) is 0.118. The van der Waals surface area contributed by atoms with E-state index in [1.54, 1.807) is 80.1 Å². The van der Waals surface area contributed by atoms with Crippen molar-refractivity contribution in [2.45, 2.75) is 52.4 Å². The van der Waals surface area contributed by atoms with Crippen molar-refractivity contribution >= 4 is 61.7 Å². The number of rotatable bonds is 10. The highest BCUT2D eigenvalue weighted by Gasteiger charge is 2.44. The Morgan fingerprint density at radius 2 is 1.11 bits per heavy atom. The van der Waals surface area contributed by atoms with Crippen LogP contribution in [0.5, 0.6) is 11.5 Å². The second-order valence-electron chi connectivity index (χ2n) is 20.0. The Morgan fingerprint density at radius 3 is 1.76 bits per heavy atom. The van der Waals surface area contributed by atoms with E-state index in [0.29, 0.717) is 28.5 Å². The Balaban J connectivity index is 1.24. The summed E-state index contributed by atoms with van der Waals surface area (Å²) < 4.78 is 201. The summed E-state index contributed by atoms with van der Waals surface area (Å²) in [6, 6.07) is 16.0. The van der Waals surface area contributed by atoms with Crippen LogP contribution in [0.2, 0.25) is 0 Å². The smallest absolute Gasteiger partial charge is 0.269 e. The van der Waals surface area contributed by atoms with Gasteiger partial charge in [0.2, 0.25) is 0 Å². The number of aromatic nitrogens is 4. The van der Waals surface area contributed by atoms with Gasteiger partial charge in [0.15, 0.2) is 8.07 Å². The highest BCUT2D eigenvalue weighted by molar-refractivity contribution is 7.20. The molecule has 0 radical (unpaired) electrons. The first kappa shape index (κ1) is 29.2. The van der Waals surface area contributed by atoms with Crippen molar-refractivity contribution in [1.29, 1.82) is 0 Å². The largest absolute Gasteiger partial charge is 0.458 e. The third-order valence-corrected chi connectivity index (χ3v) is 17.5. The summed E-state index contributed by atoms with van der Waals surface area (Å²) >= 11 is 0. The van der Waals surface area contributed by atoms with E-state index < -0.39 is 155 Å². The molecule has 0 bridgehead atoms. The molecule has 0 unspecified atom stereocenters. The Labute approximate surface area is 463 Å². The van der Waals surface area contributed by atoms with E-state index in [4.69, 9.17) is 17.9 Å². The minimum Gasteiger partial charge on any atom is -0.458 e. The van der Waals surface area contributed by atoms with Crippen molar-refractivity contribution < 1.29 is 36.7 Å². The highest BCUT2D eigenvalue weighted by atomic mass is 28.3. The number of hydrogen-bond acceptors (Lipinski definition) is 2. The zero-order valence-electron chi connectivity index (χ0n) is 61.2. The summed E-state index contributed by atoms with van der Waals surface area (Å²) in [6.45, 7) is 11.7. The van der Waals surface area contributed by atoms with Crippen LogP contribution in [0, 0.1) is 6.33 Å². The summed E-state index contributed by atoms with van der Waals surface area (Å²) in [4.78, 5) is 4.84. The molecule has 3 aromatic heterocycles. The van der Waals surface area contributed by atoms with Gasteiger partial charge in [-0.3, -0.25) is 13.7 Å². The van der Waals surface area contributed by atoms with Gasteiger partial charge in [-0.2, -0.15) is 0 Å². The average Bonchev–Trinajstić information content (AvgIpc) is 0.721. The number of benzene rings is 9. The Morgan fingerprint density at radius 1 is 0.527 bits per heavy atom. The van der Waals surface area contributed by atoms with Crippen LogP contribution in [-0.4, -0.2) is 22.2 Å². The monoisotopic (exact) mass is 995 g/mol. The number of pyridine rings is 1. The predicted octanol–water partition coefficient (Wildman–Crippen LogP) is 13.6. The molecule has 360 valence electrons. The lowest BCUT2D eigenvalue weighted by Crippen LogP contribution is -2.76. The molecular weight excluding hydrogens is 917 g/mol. The summed E-state index contributed by atoms with van der Waals surface area (Å²) in [7, 11) is -6.10. The van der Waals surface area contributed by atoms with Crippen molar-refractivity contribution in [2.75, 3.05) is 0 Å². The molecule has 0 aliphatic heterocycles. The first-order chi connectivity index (χ1) is 44.2.